The zero-order valence-corrected chi connectivity index (χ0v) is 37.9. The van der Waals surface area contributed by atoms with E-state index in [1.807, 2.05) is 40.2 Å². The topological polar surface area (TPSA) is 135 Å². The van der Waals surface area contributed by atoms with Crippen LogP contribution in [0.4, 0.5) is 0 Å². The van der Waals surface area contributed by atoms with Crippen LogP contribution >= 0.6 is 7.82 Å². The highest BCUT2D eigenvalue weighted by Gasteiger charge is 2.26. The minimum Gasteiger partial charge on any atom is -0.463 e. The summed E-state index contributed by atoms with van der Waals surface area (Å²) in [6.45, 7) is 4.28. The van der Waals surface area contributed by atoms with E-state index in [1.54, 1.807) is 24.3 Å². The number of nitrogens with zero attached hydrogens (tertiary/aromatic N) is 1. The largest absolute Gasteiger partial charge is 0.472 e. The summed E-state index contributed by atoms with van der Waals surface area (Å²) in [4.78, 5) is 46.8. The zero-order chi connectivity index (χ0) is 43.0. The van der Waals surface area contributed by atoms with Crippen molar-refractivity contribution in [2.75, 3.05) is 54.1 Å². The summed E-state index contributed by atoms with van der Waals surface area (Å²) < 4.78 is 39.2. The Hall–Kier alpha value is -2.82. The molecule has 0 saturated carbocycles. The number of unbranched alkanes of at least 4 members (excludes halogenated alkanes) is 18. The number of phosphoric ester groups is 1. The molecule has 2 atom stereocenters. The first kappa shape index (κ1) is 55.2. The van der Waals surface area contributed by atoms with Crippen LogP contribution in [-0.4, -0.2) is 87.5 Å². The number of hydrogen-bond donors (Lipinski definition) is 1. The molecule has 0 fully saturated rings. The van der Waals surface area contributed by atoms with Gasteiger partial charge in [0.05, 0.1) is 34.4 Å². The Morgan fingerprint density at radius 1 is 0.603 bits per heavy atom. The lowest BCUT2D eigenvalue weighted by atomic mass is 10.1. The van der Waals surface area contributed by atoms with Crippen LogP contribution in [0.1, 0.15) is 155 Å². The van der Waals surface area contributed by atoms with E-state index in [-0.39, 0.29) is 25.6 Å². The summed E-state index contributed by atoms with van der Waals surface area (Å²) in [6.07, 6.45) is 40.5. The highest BCUT2D eigenvalue weighted by molar-refractivity contribution is 7.47. The number of carbonyl (C=O) groups is 3. The number of esters is 3. The lowest BCUT2D eigenvalue weighted by Crippen LogP contribution is -2.37. The van der Waals surface area contributed by atoms with Crippen LogP contribution in [0.25, 0.3) is 0 Å². The van der Waals surface area contributed by atoms with Gasteiger partial charge in [-0.15, -0.1) is 0 Å². The molecule has 0 aliphatic carbocycles. The number of rotatable bonds is 39. The zero-order valence-electron chi connectivity index (χ0n) is 37.0. The number of allylic oxidation sites excluding steroid dienone is 8. The van der Waals surface area contributed by atoms with Gasteiger partial charge in [-0.05, 0) is 58.3 Å². The summed E-state index contributed by atoms with van der Waals surface area (Å²) in [6, 6.07) is 0. The van der Waals surface area contributed by atoms with Gasteiger partial charge in [0.1, 0.15) is 19.8 Å². The van der Waals surface area contributed by atoms with Crippen molar-refractivity contribution in [3.8, 4) is 0 Å². The van der Waals surface area contributed by atoms with Crippen molar-refractivity contribution >= 4 is 25.7 Å². The third kappa shape index (κ3) is 41.3. The van der Waals surface area contributed by atoms with Crippen LogP contribution in [0.15, 0.2) is 60.8 Å². The number of hydrogen-bond acceptors (Lipinski definition) is 9. The molecule has 0 bridgehead atoms. The van der Waals surface area contributed by atoms with Crippen molar-refractivity contribution in [3.63, 3.8) is 0 Å². The first-order chi connectivity index (χ1) is 27.9. The van der Waals surface area contributed by atoms with Crippen LogP contribution in [-0.2, 0) is 42.2 Å². The van der Waals surface area contributed by atoms with Crippen LogP contribution < -0.4 is 0 Å². The molecule has 11 nitrogen and oxygen atoms in total. The molecule has 0 aromatic rings. The van der Waals surface area contributed by atoms with Crippen molar-refractivity contribution in [1.29, 1.82) is 0 Å². The van der Waals surface area contributed by atoms with Gasteiger partial charge in [-0.1, -0.05) is 139 Å². The Morgan fingerprint density at radius 3 is 1.74 bits per heavy atom. The van der Waals surface area contributed by atoms with Crippen LogP contribution in [0.2, 0.25) is 0 Å². The van der Waals surface area contributed by atoms with Gasteiger partial charge in [0.25, 0.3) is 0 Å². The molecule has 0 aliphatic rings. The third-order valence-corrected chi connectivity index (χ3v) is 10.1. The monoisotopic (exact) mass is 839 g/mol. The quantitative estimate of drug-likeness (QED) is 0.00931. The molecule has 0 rings (SSSR count). The van der Waals surface area contributed by atoms with Gasteiger partial charge in [0.2, 0.25) is 0 Å². The van der Waals surface area contributed by atoms with E-state index in [2.05, 4.69) is 19.1 Å². The predicted octanol–water partition coefficient (Wildman–Crippen LogP) is 11.2. The second-order valence-electron chi connectivity index (χ2n) is 15.8. The average molecular weight is 839 g/mol. The molecule has 0 aromatic carbocycles. The lowest BCUT2D eigenvalue weighted by molar-refractivity contribution is -0.870. The number of quaternary nitrogens is 1. The standard InChI is InChI=1S/C46H80NO10P/c1-6-8-10-11-12-13-14-15-16-17-19-22-25-28-32-36-45(49)54-41-43(42-56-58(51,52)55-40-38-47(3,4)5)57-46(50)37-33-29-26-23-20-18-21-24-27-30-34-39-53-44(48)35-31-9-7-2/h7,9,15-16,26,29,31,33,35,37,43H,6,8,10-14,17-25,27-28,30,32,34,36,38-42H2,1-5H3/p+1/b9-7+,16-15-,29-26+,35-31+,37-33+/t43-/m1/s1. The average Bonchev–Trinajstić information content (AvgIpc) is 3.17. The second-order valence-corrected chi connectivity index (χ2v) is 17.2. The van der Waals surface area contributed by atoms with Gasteiger partial charge >= 0.3 is 25.7 Å². The normalized spacial score (nSPS) is 14.0. The molecule has 12 heteroatoms. The van der Waals surface area contributed by atoms with Gasteiger partial charge in [0.15, 0.2) is 6.10 Å². The number of carbonyl (C=O) groups excluding carboxylic acids is 3. The van der Waals surface area contributed by atoms with Crippen molar-refractivity contribution in [2.24, 2.45) is 0 Å². The molecule has 0 radical (unpaired) electrons. The third-order valence-electron chi connectivity index (χ3n) is 9.07. The van der Waals surface area contributed by atoms with Gasteiger partial charge < -0.3 is 23.6 Å². The van der Waals surface area contributed by atoms with E-state index in [0.29, 0.717) is 24.1 Å². The molecule has 1 N–H and O–H groups in total. The van der Waals surface area contributed by atoms with Gasteiger partial charge in [-0.25, -0.2) is 14.2 Å². The summed E-state index contributed by atoms with van der Waals surface area (Å²) in [5, 5.41) is 0. The van der Waals surface area contributed by atoms with Crippen LogP contribution in [0.3, 0.4) is 0 Å². The molecule has 334 valence electrons. The Morgan fingerprint density at radius 2 is 1.14 bits per heavy atom. The van der Waals surface area contributed by atoms with Crippen LogP contribution in [0.5, 0.6) is 0 Å². The number of ether oxygens (including phenoxy) is 3. The molecule has 0 aromatic heterocycles. The lowest BCUT2D eigenvalue weighted by Gasteiger charge is -2.24. The molecule has 0 heterocycles. The van der Waals surface area contributed by atoms with E-state index in [0.717, 1.165) is 83.5 Å². The molecule has 1 unspecified atom stereocenters. The number of phosphoric acid groups is 1. The predicted molar refractivity (Wildman–Crippen MR) is 235 cm³/mol. The fraction of sp³-hybridized carbons (Fsp3) is 0.717. The minimum atomic E-state index is -4.42. The van der Waals surface area contributed by atoms with Crippen LogP contribution in [0, 0.1) is 0 Å². The molecule has 0 saturated heterocycles. The van der Waals surface area contributed by atoms with E-state index in [9.17, 15) is 23.8 Å². The fourth-order valence-corrected chi connectivity index (χ4v) is 6.33. The Bertz CT molecular complexity index is 1240. The van der Waals surface area contributed by atoms with Gasteiger partial charge in [-0.2, -0.15) is 0 Å². The fourth-order valence-electron chi connectivity index (χ4n) is 5.59. The SMILES string of the molecule is C/C=C/C=C/C(=O)OCCCCCCCCC/C=C/C=C/C(=O)O[C@H](COC(=O)CCCCCCC/C=C\CCCCCCCC)COP(=O)(O)OCC[N+](C)(C)C. The van der Waals surface area contributed by atoms with E-state index in [1.165, 1.54) is 57.1 Å². The summed E-state index contributed by atoms with van der Waals surface area (Å²) in [5.74, 6) is -1.42. The van der Waals surface area contributed by atoms with E-state index >= 15 is 0 Å². The smallest absolute Gasteiger partial charge is 0.463 e. The molecule has 0 amide bonds. The molecular weight excluding hydrogens is 757 g/mol. The van der Waals surface area contributed by atoms with Gasteiger partial charge in [-0.3, -0.25) is 13.8 Å². The Kier molecular flexibility index (Phi) is 36.5. The highest BCUT2D eigenvalue weighted by Crippen LogP contribution is 2.43. The summed E-state index contributed by atoms with van der Waals surface area (Å²) in [7, 11) is 1.36. The first-order valence-electron chi connectivity index (χ1n) is 22.1. The highest BCUT2D eigenvalue weighted by atomic mass is 31.2. The maximum atomic E-state index is 12.6. The second kappa shape index (κ2) is 38.4. The maximum absolute atomic E-state index is 12.6. The van der Waals surface area contributed by atoms with Gasteiger partial charge in [0, 0.05) is 18.6 Å². The Balaban J connectivity index is 4.48. The van der Waals surface area contributed by atoms with E-state index in [4.69, 9.17) is 23.3 Å². The van der Waals surface area contributed by atoms with Crippen molar-refractivity contribution in [3.05, 3.63) is 60.8 Å². The van der Waals surface area contributed by atoms with Crippen molar-refractivity contribution < 1.29 is 51.6 Å². The van der Waals surface area contributed by atoms with Crippen molar-refractivity contribution in [2.45, 2.75) is 161 Å². The maximum Gasteiger partial charge on any atom is 0.472 e. The first-order valence-corrected chi connectivity index (χ1v) is 23.6. The van der Waals surface area contributed by atoms with Crippen molar-refractivity contribution in [1.82, 2.24) is 0 Å². The molecule has 58 heavy (non-hydrogen) atoms. The molecule has 0 aliphatic heterocycles. The summed E-state index contributed by atoms with van der Waals surface area (Å²) in [5.41, 5.74) is 0. The number of likely N-dealkylation sites (N-methyl/N-ethyl adjacent to an activating group) is 1. The summed E-state index contributed by atoms with van der Waals surface area (Å²) >= 11 is 0. The van der Waals surface area contributed by atoms with E-state index < -0.39 is 32.5 Å². The Labute approximate surface area is 352 Å². The molecule has 0 spiro atoms. The molecular formula is C46H81NO10P+. The minimum absolute atomic E-state index is 0.00211.